The van der Waals surface area contributed by atoms with Gasteiger partial charge in [0.1, 0.15) is 5.69 Å². The summed E-state index contributed by atoms with van der Waals surface area (Å²) in [6, 6.07) is 5.79. The summed E-state index contributed by atoms with van der Waals surface area (Å²) < 4.78 is 38.7. The number of aromatic nitrogens is 1. The van der Waals surface area contributed by atoms with E-state index in [-0.39, 0.29) is 16.4 Å². The van der Waals surface area contributed by atoms with E-state index in [1.165, 1.54) is 24.4 Å². The van der Waals surface area contributed by atoms with Gasteiger partial charge in [-0.3, -0.25) is 9.78 Å². The van der Waals surface area contributed by atoms with Crippen LogP contribution in [0.4, 0.5) is 24.5 Å². The second-order valence-corrected chi connectivity index (χ2v) is 4.55. The van der Waals surface area contributed by atoms with E-state index in [4.69, 9.17) is 17.3 Å². The lowest BCUT2D eigenvalue weighted by molar-refractivity contribution is -0.136. The topological polar surface area (TPSA) is 68.0 Å². The van der Waals surface area contributed by atoms with Crippen molar-refractivity contribution in [2.45, 2.75) is 6.18 Å². The van der Waals surface area contributed by atoms with E-state index < -0.39 is 23.3 Å². The molecule has 0 bridgehead atoms. The largest absolute Gasteiger partial charge is 0.418 e. The predicted octanol–water partition coefficient (Wildman–Crippen LogP) is 3.59. The summed E-state index contributed by atoms with van der Waals surface area (Å²) >= 11 is 5.56. The summed E-state index contributed by atoms with van der Waals surface area (Å²) in [6.45, 7) is 0. The summed E-state index contributed by atoms with van der Waals surface area (Å²) in [7, 11) is 0. The number of nitrogens with two attached hydrogens (primary N) is 1. The van der Waals surface area contributed by atoms with Crippen LogP contribution in [-0.2, 0) is 6.18 Å². The molecular weight excluding hydrogens is 307 g/mol. The van der Waals surface area contributed by atoms with Crippen LogP contribution in [0, 0.1) is 0 Å². The fourth-order valence-electron chi connectivity index (χ4n) is 1.62. The highest BCUT2D eigenvalue weighted by atomic mass is 35.5. The minimum Gasteiger partial charge on any atom is -0.399 e. The number of rotatable bonds is 2. The lowest BCUT2D eigenvalue weighted by atomic mass is 10.1. The molecule has 0 aliphatic carbocycles. The summed E-state index contributed by atoms with van der Waals surface area (Å²) in [5, 5.41) is 2.07. The number of amides is 1. The van der Waals surface area contributed by atoms with E-state index in [0.717, 1.165) is 12.1 Å². The highest BCUT2D eigenvalue weighted by molar-refractivity contribution is 6.30. The molecular formula is C13H9ClF3N3O. The summed E-state index contributed by atoms with van der Waals surface area (Å²) in [4.78, 5) is 15.6. The van der Waals surface area contributed by atoms with Gasteiger partial charge in [0.15, 0.2) is 0 Å². The smallest absolute Gasteiger partial charge is 0.399 e. The molecule has 3 N–H and O–H groups in total. The third-order valence-corrected chi connectivity index (χ3v) is 2.79. The van der Waals surface area contributed by atoms with Gasteiger partial charge in [0, 0.05) is 16.9 Å². The molecule has 0 unspecified atom stereocenters. The number of nitrogens with zero attached hydrogens (tertiary/aromatic N) is 1. The molecule has 0 aliphatic rings. The van der Waals surface area contributed by atoms with Gasteiger partial charge in [-0.2, -0.15) is 13.2 Å². The van der Waals surface area contributed by atoms with E-state index in [1.54, 1.807) is 0 Å². The van der Waals surface area contributed by atoms with Crippen LogP contribution in [0.1, 0.15) is 16.1 Å². The van der Waals surface area contributed by atoms with Crippen LogP contribution in [0.2, 0.25) is 5.02 Å². The fraction of sp³-hybridized carbons (Fsp3) is 0.0769. The first-order valence-corrected chi connectivity index (χ1v) is 6.05. The third kappa shape index (κ3) is 3.63. The van der Waals surface area contributed by atoms with Crippen LogP contribution in [0.15, 0.2) is 36.5 Å². The van der Waals surface area contributed by atoms with Crippen molar-refractivity contribution in [1.29, 1.82) is 0 Å². The maximum Gasteiger partial charge on any atom is 0.418 e. The maximum atomic E-state index is 12.9. The van der Waals surface area contributed by atoms with Crippen LogP contribution in [0.3, 0.4) is 0 Å². The second-order valence-electron chi connectivity index (χ2n) is 4.12. The zero-order chi connectivity index (χ0) is 15.6. The highest BCUT2D eigenvalue weighted by Gasteiger charge is 2.34. The van der Waals surface area contributed by atoms with Gasteiger partial charge in [0.05, 0.1) is 11.3 Å². The fourth-order valence-corrected chi connectivity index (χ4v) is 1.79. The lowest BCUT2D eigenvalue weighted by Gasteiger charge is -2.14. The van der Waals surface area contributed by atoms with Crippen LogP contribution in [-0.4, -0.2) is 10.9 Å². The number of anilines is 2. The van der Waals surface area contributed by atoms with Gasteiger partial charge in [-0.05, 0) is 30.3 Å². The molecule has 110 valence electrons. The monoisotopic (exact) mass is 315 g/mol. The van der Waals surface area contributed by atoms with Gasteiger partial charge in [-0.1, -0.05) is 11.6 Å². The Labute approximate surface area is 122 Å². The van der Waals surface area contributed by atoms with Crippen molar-refractivity contribution in [2.24, 2.45) is 0 Å². The van der Waals surface area contributed by atoms with Gasteiger partial charge in [0.2, 0.25) is 0 Å². The summed E-state index contributed by atoms with van der Waals surface area (Å²) in [5.74, 6) is -0.796. The minimum atomic E-state index is -4.64. The summed E-state index contributed by atoms with van der Waals surface area (Å²) in [5.41, 5.74) is 4.25. The third-order valence-electron chi connectivity index (χ3n) is 2.55. The molecule has 0 fully saturated rings. The Hall–Kier alpha value is -2.28. The zero-order valence-electron chi connectivity index (χ0n) is 10.4. The van der Waals surface area contributed by atoms with Crippen LogP contribution in [0.5, 0.6) is 0 Å². The van der Waals surface area contributed by atoms with Crippen molar-refractivity contribution in [3.8, 4) is 0 Å². The molecule has 1 aromatic carbocycles. The van der Waals surface area contributed by atoms with E-state index in [1.807, 2.05) is 0 Å². The zero-order valence-corrected chi connectivity index (χ0v) is 11.2. The molecule has 0 saturated carbocycles. The number of nitrogens with one attached hydrogen (secondary N) is 1. The highest BCUT2D eigenvalue weighted by Crippen LogP contribution is 2.36. The Morgan fingerprint density at radius 3 is 2.57 bits per heavy atom. The predicted molar refractivity (Wildman–Crippen MR) is 73.1 cm³/mol. The number of nitrogen functional groups attached to an aromatic ring is 1. The van der Waals surface area contributed by atoms with Crippen molar-refractivity contribution < 1.29 is 18.0 Å². The average molecular weight is 316 g/mol. The number of pyridine rings is 1. The molecule has 4 nitrogen and oxygen atoms in total. The normalized spacial score (nSPS) is 11.2. The number of hydrogen-bond acceptors (Lipinski definition) is 3. The number of alkyl halides is 3. The molecule has 0 radical (unpaired) electrons. The average Bonchev–Trinajstić information content (AvgIpc) is 2.39. The molecule has 1 heterocycles. The molecule has 21 heavy (non-hydrogen) atoms. The second kappa shape index (κ2) is 5.61. The molecule has 1 amide bonds. The number of benzene rings is 1. The van der Waals surface area contributed by atoms with Crippen molar-refractivity contribution in [3.05, 3.63) is 52.8 Å². The first-order chi connectivity index (χ1) is 9.77. The van der Waals surface area contributed by atoms with Crippen LogP contribution < -0.4 is 11.1 Å². The van der Waals surface area contributed by atoms with Gasteiger partial charge in [-0.25, -0.2) is 0 Å². The Morgan fingerprint density at radius 2 is 1.95 bits per heavy atom. The van der Waals surface area contributed by atoms with Gasteiger partial charge in [-0.15, -0.1) is 0 Å². The van der Waals surface area contributed by atoms with Crippen molar-refractivity contribution in [2.75, 3.05) is 11.1 Å². The van der Waals surface area contributed by atoms with Crippen LogP contribution >= 0.6 is 11.6 Å². The molecule has 0 aliphatic heterocycles. The molecule has 2 aromatic rings. The number of hydrogen-bond donors (Lipinski definition) is 2. The van der Waals surface area contributed by atoms with Crippen molar-refractivity contribution >= 4 is 28.9 Å². The Bertz CT molecular complexity index is 689. The first-order valence-electron chi connectivity index (χ1n) is 5.67. The standard InChI is InChI=1S/C13H9ClF3N3O/c14-7-1-2-10(9(5-7)13(15,16)17)20-12(21)11-6-8(18)3-4-19-11/h1-6H,(H2,18,19)(H,20,21). The SMILES string of the molecule is Nc1ccnc(C(=O)Nc2ccc(Cl)cc2C(F)(F)F)c1. The Kier molecular flexibility index (Phi) is 4.04. The molecule has 1 aromatic heterocycles. The van der Waals surface area contributed by atoms with E-state index in [9.17, 15) is 18.0 Å². The molecule has 0 atom stereocenters. The Morgan fingerprint density at radius 1 is 1.24 bits per heavy atom. The van der Waals surface area contributed by atoms with E-state index in [2.05, 4.69) is 10.3 Å². The summed E-state index contributed by atoms with van der Waals surface area (Å²) in [6.07, 6.45) is -3.35. The minimum absolute atomic E-state index is 0.0811. The maximum absolute atomic E-state index is 12.9. The van der Waals surface area contributed by atoms with Crippen LogP contribution in [0.25, 0.3) is 0 Å². The lowest BCUT2D eigenvalue weighted by Crippen LogP contribution is -2.17. The quantitative estimate of drug-likeness (QED) is 0.890. The van der Waals surface area contributed by atoms with Crippen molar-refractivity contribution in [1.82, 2.24) is 4.98 Å². The Balaban J connectivity index is 2.34. The van der Waals surface area contributed by atoms with Gasteiger partial charge >= 0.3 is 6.18 Å². The first kappa shape index (κ1) is 15.1. The van der Waals surface area contributed by atoms with E-state index in [0.29, 0.717) is 0 Å². The van der Waals surface area contributed by atoms with E-state index >= 15 is 0 Å². The van der Waals surface area contributed by atoms with Gasteiger partial charge in [0.25, 0.3) is 5.91 Å². The molecule has 0 spiro atoms. The molecule has 0 saturated heterocycles. The number of halogens is 4. The molecule has 8 heteroatoms. The van der Waals surface area contributed by atoms with Gasteiger partial charge < -0.3 is 11.1 Å². The number of carbonyl (C=O) groups is 1. The van der Waals surface area contributed by atoms with Crippen molar-refractivity contribution in [3.63, 3.8) is 0 Å². The molecule has 2 rings (SSSR count). The number of carbonyl (C=O) groups excluding carboxylic acids is 1.